The van der Waals surface area contributed by atoms with Gasteiger partial charge >= 0.3 is 6.18 Å². The van der Waals surface area contributed by atoms with Gasteiger partial charge in [-0.15, -0.1) is 0 Å². The van der Waals surface area contributed by atoms with E-state index in [2.05, 4.69) is 10.1 Å². The summed E-state index contributed by atoms with van der Waals surface area (Å²) in [5, 5.41) is 2.95. The Hall–Kier alpha value is -1.76. The highest BCUT2D eigenvalue weighted by Gasteiger charge is 2.40. The van der Waals surface area contributed by atoms with Crippen molar-refractivity contribution in [1.82, 2.24) is 5.32 Å². The van der Waals surface area contributed by atoms with Crippen molar-refractivity contribution >= 4 is 5.91 Å². The zero-order valence-electron chi connectivity index (χ0n) is 14.6. The molecule has 0 radical (unpaired) electrons. The summed E-state index contributed by atoms with van der Waals surface area (Å²) in [4.78, 5) is 12.5. The van der Waals surface area contributed by atoms with Crippen LogP contribution in [0.15, 0.2) is 24.3 Å². The molecule has 7 heteroatoms. The van der Waals surface area contributed by atoms with E-state index in [1.165, 1.54) is 18.6 Å². The lowest BCUT2D eigenvalue weighted by Crippen LogP contribution is -2.49. The minimum Gasteiger partial charge on any atom is -0.484 e. The van der Waals surface area contributed by atoms with Crippen LogP contribution >= 0.6 is 0 Å². The fourth-order valence-corrected chi connectivity index (χ4v) is 4.21. The van der Waals surface area contributed by atoms with Gasteiger partial charge in [-0.3, -0.25) is 4.79 Å². The maximum Gasteiger partial charge on any atom is 0.422 e. The Kier molecular flexibility index (Phi) is 5.75. The van der Waals surface area contributed by atoms with Crippen LogP contribution < -0.4 is 15.8 Å². The molecule has 26 heavy (non-hydrogen) atoms. The van der Waals surface area contributed by atoms with Crippen molar-refractivity contribution in [2.45, 2.75) is 50.9 Å². The monoisotopic (exact) mass is 370 g/mol. The molecule has 2 bridgehead atoms. The van der Waals surface area contributed by atoms with Gasteiger partial charge in [0.25, 0.3) is 0 Å². The molecule has 0 saturated heterocycles. The predicted octanol–water partition coefficient (Wildman–Crippen LogP) is 3.40. The Balaban J connectivity index is 1.47. The molecule has 0 spiro atoms. The van der Waals surface area contributed by atoms with Gasteiger partial charge in [-0.25, -0.2) is 0 Å². The summed E-state index contributed by atoms with van der Waals surface area (Å²) in [5.41, 5.74) is 7.09. The van der Waals surface area contributed by atoms with Crippen molar-refractivity contribution in [3.05, 3.63) is 29.8 Å². The second kappa shape index (κ2) is 7.86. The maximum absolute atomic E-state index is 12.5. The molecule has 3 rings (SSSR count). The predicted molar refractivity (Wildman–Crippen MR) is 91.4 cm³/mol. The standard InChI is InChI=1S/C19H25F3N2O2/c20-19(21,22)11-26-16-6-4-12(5-7-16)10-24-18(25)15-8-13-2-1-3-14(9-15)17(13)23/h4-7,13-15,17H,1-3,8-11,23H2,(H,24,25). The van der Waals surface area contributed by atoms with Gasteiger partial charge in [0.15, 0.2) is 6.61 Å². The summed E-state index contributed by atoms with van der Waals surface area (Å²) >= 11 is 0. The lowest BCUT2D eigenvalue weighted by atomic mass is 9.65. The number of benzene rings is 1. The third-order valence-corrected chi connectivity index (χ3v) is 5.58. The van der Waals surface area contributed by atoms with Crippen LogP contribution in [0.4, 0.5) is 13.2 Å². The number of rotatable bonds is 5. The minimum absolute atomic E-state index is 0.0134. The van der Waals surface area contributed by atoms with E-state index in [1.807, 2.05) is 0 Å². The molecule has 144 valence electrons. The first-order valence-electron chi connectivity index (χ1n) is 9.13. The SMILES string of the molecule is NC1C2CCCC1CC(C(=O)NCc1ccc(OCC(F)(F)F)cc1)C2. The molecule has 1 aromatic rings. The zero-order valence-corrected chi connectivity index (χ0v) is 14.6. The molecule has 2 fully saturated rings. The number of hydrogen-bond acceptors (Lipinski definition) is 3. The molecule has 0 heterocycles. The van der Waals surface area contributed by atoms with Crippen molar-refractivity contribution in [3.8, 4) is 5.75 Å². The third kappa shape index (κ3) is 4.90. The van der Waals surface area contributed by atoms with Crippen LogP contribution in [-0.4, -0.2) is 24.7 Å². The number of hydrogen-bond donors (Lipinski definition) is 2. The molecule has 3 N–H and O–H groups in total. The third-order valence-electron chi connectivity index (χ3n) is 5.58. The van der Waals surface area contributed by atoms with E-state index in [0.29, 0.717) is 18.4 Å². The van der Waals surface area contributed by atoms with Crippen molar-refractivity contribution in [1.29, 1.82) is 0 Å². The van der Waals surface area contributed by atoms with E-state index in [1.54, 1.807) is 12.1 Å². The number of nitrogens with two attached hydrogens (primary N) is 1. The Morgan fingerprint density at radius 1 is 1.15 bits per heavy atom. The van der Waals surface area contributed by atoms with Crippen molar-refractivity contribution in [3.63, 3.8) is 0 Å². The van der Waals surface area contributed by atoms with E-state index in [-0.39, 0.29) is 23.6 Å². The summed E-state index contributed by atoms with van der Waals surface area (Å²) in [6.45, 7) is -0.953. The number of ether oxygens (including phenoxy) is 1. The number of amides is 1. The number of carbonyl (C=O) groups is 1. The largest absolute Gasteiger partial charge is 0.484 e. The fourth-order valence-electron chi connectivity index (χ4n) is 4.21. The molecule has 2 atom stereocenters. The van der Waals surface area contributed by atoms with E-state index in [9.17, 15) is 18.0 Å². The molecule has 4 nitrogen and oxygen atoms in total. The van der Waals surface area contributed by atoms with Gasteiger partial charge in [-0.05, 0) is 55.2 Å². The Labute approximate surface area is 151 Å². The Bertz CT molecular complexity index is 604. The highest BCUT2D eigenvalue weighted by Crippen LogP contribution is 2.41. The molecule has 0 aliphatic heterocycles. The van der Waals surface area contributed by atoms with Gasteiger partial charge in [-0.1, -0.05) is 18.6 Å². The normalized spacial score (nSPS) is 28.5. The summed E-state index contributed by atoms with van der Waals surface area (Å²) in [5.74, 6) is 1.11. The van der Waals surface area contributed by atoms with E-state index >= 15 is 0 Å². The molecule has 0 aromatic heterocycles. The van der Waals surface area contributed by atoms with E-state index in [4.69, 9.17) is 5.73 Å². The van der Waals surface area contributed by atoms with Crippen LogP contribution in [0.5, 0.6) is 5.75 Å². The van der Waals surface area contributed by atoms with Gasteiger partial charge in [0.1, 0.15) is 5.75 Å². The second-order valence-corrected chi connectivity index (χ2v) is 7.46. The Morgan fingerprint density at radius 3 is 2.35 bits per heavy atom. The first-order chi connectivity index (χ1) is 12.3. The molecule has 1 aromatic carbocycles. The van der Waals surface area contributed by atoms with Crippen LogP contribution in [0.3, 0.4) is 0 Å². The van der Waals surface area contributed by atoms with Crippen molar-refractivity contribution in [2.24, 2.45) is 23.5 Å². The zero-order chi connectivity index (χ0) is 18.7. The molecule has 2 saturated carbocycles. The summed E-state index contributed by atoms with van der Waals surface area (Å²) in [6.07, 6.45) is 0.788. The molecule has 2 aliphatic carbocycles. The summed E-state index contributed by atoms with van der Waals surface area (Å²) in [6, 6.07) is 6.53. The highest BCUT2D eigenvalue weighted by atomic mass is 19.4. The second-order valence-electron chi connectivity index (χ2n) is 7.46. The van der Waals surface area contributed by atoms with Crippen LogP contribution in [0.2, 0.25) is 0 Å². The lowest BCUT2D eigenvalue weighted by molar-refractivity contribution is -0.153. The number of fused-ring (bicyclic) bond motifs is 2. The summed E-state index contributed by atoms with van der Waals surface area (Å²) < 4.78 is 41.1. The van der Waals surface area contributed by atoms with Crippen LogP contribution in [0, 0.1) is 17.8 Å². The molecular formula is C19H25F3N2O2. The molecule has 2 aliphatic rings. The average molecular weight is 370 g/mol. The van der Waals surface area contributed by atoms with Crippen LogP contribution in [0.25, 0.3) is 0 Å². The van der Waals surface area contributed by atoms with Crippen LogP contribution in [0.1, 0.15) is 37.7 Å². The first-order valence-corrected chi connectivity index (χ1v) is 9.13. The van der Waals surface area contributed by atoms with Gasteiger partial charge in [0.2, 0.25) is 5.91 Å². The molecule has 1 amide bonds. The number of nitrogens with one attached hydrogen (secondary N) is 1. The quantitative estimate of drug-likeness (QED) is 0.835. The van der Waals surface area contributed by atoms with Gasteiger partial charge in [-0.2, -0.15) is 13.2 Å². The topological polar surface area (TPSA) is 64.4 Å². The first kappa shape index (κ1) is 19.0. The highest BCUT2D eigenvalue weighted by molar-refractivity contribution is 5.78. The number of carbonyl (C=O) groups excluding carboxylic acids is 1. The Morgan fingerprint density at radius 2 is 1.77 bits per heavy atom. The van der Waals surface area contributed by atoms with E-state index in [0.717, 1.165) is 31.2 Å². The number of alkyl halides is 3. The summed E-state index contributed by atoms with van der Waals surface area (Å²) in [7, 11) is 0. The minimum atomic E-state index is -4.35. The number of halogens is 3. The molecule has 2 unspecified atom stereocenters. The average Bonchev–Trinajstić information content (AvgIpc) is 2.58. The van der Waals surface area contributed by atoms with Crippen molar-refractivity contribution in [2.75, 3.05) is 6.61 Å². The van der Waals surface area contributed by atoms with Crippen molar-refractivity contribution < 1.29 is 22.7 Å². The fraction of sp³-hybridized carbons (Fsp3) is 0.632. The van der Waals surface area contributed by atoms with E-state index < -0.39 is 12.8 Å². The van der Waals surface area contributed by atoms with Gasteiger partial charge in [0.05, 0.1) is 0 Å². The lowest BCUT2D eigenvalue weighted by Gasteiger charge is -2.43. The van der Waals surface area contributed by atoms with Gasteiger partial charge in [0, 0.05) is 18.5 Å². The molecular weight excluding hydrogens is 345 g/mol. The van der Waals surface area contributed by atoms with Crippen LogP contribution in [-0.2, 0) is 11.3 Å². The maximum atomic E-state index is 12.5. The smallest absolute Gasteiger partial charge is 0.422 e. The van der Waals surface area contributed by atoms with Gasteiger partial charge < -0.3 is 15.8 Å².